The van der Waals surface area contributed by atoms with Crippen LogP contribution in [0.15, 0.2) is 49.1 Å². The van der Waals surface area contributed by atoms with Crippen LogP contribution in [0.3, 0.4) is 0 Å². The van der Waals surface area contributed by atoms with Crippen molar-refractivity contribution in [3.63, 3.8) is 0 Å². The maximum Gasteiger partial charge on any atom is 0.416 e. The Hall–Kier alpha value is -3.13. The van der Waals surface area contributed by atoms with Crippen molar-refractivity contribution >= 4 is 17.5 Å². The molecule has 2 aliphatic rings. The average molecular weight is 486 g/mol. The highest BCUT2D eigenvalue weighted by Crippen LogP contribution is 2.43. The summed E-state index contributed by atoms with van der Waals surface area (Å²) in [6.45, 7) is 6.61. The van der Waals surface area contributed by atoms with Gasteiger partial charge in [0.15, 0.2) is 0 Å². The largest absolute Gasteiger partial charge is 0.416 e. The maximum absolute atomic E-state index is 13.9. The number of hydrogen-bond donors (Lipinski definition) is 2. The highest BCUT2D eigenvalue weighted by molar-refractivity contribution is 6.10. The molecule has 186 valence electrons. The Bertz CT molecular complexity index is 1120. The smallest absolute Gasteiger partial charge is 0.353 e. The molecule has 35 heavy (non-hydrogen) atoms. The summed E-state index contributed by atoms with van der Waals surface area (Å²) < 4.78 is 41.8. The number of nitrogens with zero attached hydrogens (tertiary/aromatic N) is 1. The molecule has 2 amide bonds. The van der Waals surface area contributed by atoms with Crippen molar-refractivity contribution in [2.75, 3.05) is 18.0 Å². The topological polar surface area (TPSA) is 61.4 Å². The highest BCUT2D eigenvalue weighted by Gasteiger charge is 2.40. The molecule has 2 aromatic rings. The Kier molecular flexibility index (Phi) is 7.31. The van der Waals surface area contributed by atoms with E-state index in [9.17, 15) is 22.8 Å². The molecule has 2 N–H and O–H groups in total. The third-order valence-corrected chi connectivity index (χ3v) is 6.78. The summed E-state index contributed by atoms with van der Waals surface area (Å²) in [6, 6.07) is 10.3. The van der Waals surface area contributed by atoms with E-state index < -0.39 is 17.6 Å². The van der Waals surface area contributed by atoms with Gasteiger partial charge in [0.05, 0.1) is 12.1 Å². The predicted octanol–water partition coefficient (Wildman–Crippen LogP) is 5.16. The molecule has 0 radical (unpaired) electrons. The fraction of sp³-hybridized carbons (Fsp3) is 0.407. The van der Waals surface area contributed by atoms with Gasteiger partial charge in [0.25, 0.3) is 5.91 Å². The van der Waals surface area contributed by atoms with E-state index >= 15 is 0 Å². The molecule has 1 fully saturated rings. The molecule has 0 aromatic heterocycles. The summed E-state index contributed by atoms with van der Waals surface area (Å²) >= 11 is 0. The number of nitrogens with one attached hydrogen (secondary N) is 2. The molecule has 0 saturated heterocycles. The Balaban J connectivity index is 1.49. The van der Waals surface area contributed by atoms with Gasteiger partial charge < -0.3 is 15.5 Å². The number of carbonyl (C=O) groups excluding carboxylic acids is 2. The SMILES string of the molecule is C=CC(=O)NCCCNCc1cc2c(c(C(F)(F)F)c1)CN(c1cccc(C3CC(C)C3)c1)C2=O. The van der Waals surface area contributed by atoms with Gasteiger partial charge in [0.1, 0.15) is 0 Å². The van der Waals surface area contributed by atoms with Crippen LogP contribution in [0.1, 0.15) is 64.7 Å². The molecular formula is C27H30F3N3O2. The summed E-state index contributed by atoms with van der Waals surface area (Å²) in [6.07, 6.45) is -0.588. The Morgan fingerprint density at radius 3 is 2.66 bits per heavy atom. The number of halogens is 3. The van der Waals surface area contributed by atoms with E-state index in [1.165, 1.54) is 11.0 Å². The van der Waals surface area contributed by atoms with E-state index in [1.54, 1.807) is 12.1 Å². The summed E-state index contributed by atoms with van der Waals surface area (Å²) in [7, 11) is 0. The number of amides is 2. The van der Waals surface area contributed by atoms with Gasteiger partial charge in [0, 0.05) is 24.3 Å². The molecule has 0 spiro atoms. The lowest BCUT2D eigenvalue weighted by Crippen LogP contribution is -2.25. The van der Waals surface area contributed by atoms with Gasteiger partial charge in [0.2, 0.25) is 5.91 Å². The van der Waals surface area contributed by atoms with Gasteiger partial charge in [-0.1, -0.05) is 25.6 Å². The van der Waals surface area contributed by atoms with Crippen molar-refractivity contribution in [3.05, 3.63) is 76.9 Å². The van der Waals surface area contributed by atoms with Crippen molar-refractivity contribution < 1.29 is 22.8 Å². The number of rotatable bonds is 9. The molecule has 1 aliphatic heterocycles. The van der Waals surface area contributed by atoms with Crippen LogP contribution in [0.2, 0.25) is 0 Å². The van der Waals surface area contributed by atoms with Gasteiger partial charge in [-0.2, -0.15) is 13.2 Å². The van der Waals surface area contributed by atoms with Crippen LogP contribution in [0, 0.1) is 5.92 Å². The first-order valence-electron chi connectivity index (χ1n) is 11.9. The summed E-state index contributed by atoms with van der Waals surface area (Å²) in [4.78, 5) is 25.8. The van der Waals surface area contributed by atoms with E-state index in [1.807, 2.05) is 18.2 Å². The second-order valence-corrected chi connectivity index (χ2v) is 9.45. The van der Waals surface area contributed by atoms with Crippen LogP contribution < -0.4 is 15.5 Å². The molecule has 1 saturated carbocycles. The zero-order valence-corrected chi connectivity index (χ0v) is 19.8. The third kappa shape index (κ3) is 5.59. The van der Waals surface area contributed by atoms with E-state index in [0.717, 1.165) is 24.5 Å². The number of carbonyl (C=O) groups is 2. The minimum Gasteiger partial charge on any atom is -0.353 e. The van der Waals surface area contributed by atoms with E-state index in [2.05, 4.69) is 24.1 Å². The second kappa shape index (κ2) is 10.2. The number of alkyl halides is 3. The Labute approximate surface area is 203 Å². The van der Waals surface area contributed by atoms with Crippen LogP contribution in [0.4, 0.5) is 18.9 Å². The van der Waals surface area contributed by atoms with Crippen molar-refractivity contribution in [1.29, 1.82) is 0 Å². The zero-order valence-electron chi connectivity index (χ0n) is 19.8. The van der Waals surface area contributed by atoms with Gasteiger partial charge in [-0.15, -0.1) is 0 Å². The second-order valence-electron chi connectivity index (χ2n) is 9.45. The first-order valence-corrected chi connectivity index (χ1v) is 11.9. The average Bonchev–Trinajstić information content (AvgIpc) is 3.14. The molecule has 4 rings (SSSR count). The van der Waals surface area contributed by atoms with Crippen molar-refractivity contribution in [3.8, 4) is 0 Å². The lowest BCUT2D eigenvalue weighted by molar-refractivity contribution is -0.138. The predicted molar refractivity (Wildman–Crippen MR) is 129 cm³/mol. The zero-order chi connectivity index (χ0) is 25.2. The van der Waals surface area contributed by atoms with E-state index in [0.29, 0.717) is 42.6 Å². The van der Waals surface area contributed by atoms with Crippen molar-refractivity contribution in [1.82, 2.24) is 10.6 Å². The molecule has 5 nitrogen and oxygen atoms in total. The number of hydrogen-bond acceptors (Lipinski definition) is 3. The van der Waals surface area contributed by atoms with Gasteiger partial charge in [-0.3, -0.25) is 9.59 Å². The number of fused-ring (bicyclic) bond motifs is 1. The summed E-state index contributed by atoms with van der Waals surface area (Å²) in [5, 5.41) is 5.73. The minimum absolute atomic E-state index is 0.0288. The van der Waals surface area contributed by atoms with Crippen molar-refractivity contribution in [2.45, 2.75) is 51.4 Å². The third-order valence-electron chi connectivity index (χ3n) is 6.78. The lowest BCUT2D eigenvalue weighted by Gasteiger charge is -2.33. The van der Waals surface area contributed by atoms with Crippen LogP contribution in [-0.2, 0) is 24.1 Å². The lowest BCUT2D eigenvalue weighted by atomic mass is 9.72. The molecule has 1 heterocycles. The molecule has 1 aliphatic carbocycles. The number of benzene rings is 2. The van der Waals surface area contributed by atoms with Crippen LogP contribution in [0.5, 0.6) is 0 Å². The summed E-state index contributed by atoms with van der Waals surface area (Å²) in [5.74, 6) is 0.444. The first kappa shape index (κ1) is 25.0. The fourth-order valence-electron chi connectivity index (χ4n) is 4.88. The number of anilines is 1. The Morgan fingerprint density at radius 2 is 1.97 bits per heavy atom. The maximum atomic E-state index is 13.9. The van der Waals surface area contributed by atoms with Gasteiger partial charge >= 0.3 is 6.18 Å². The molecule has 0 atom stereocenters. The van der Waals surface area contributed by atoms with E-state index in [-0.39, 0.29) is 30.1 Å². The molecule has 2 aromatic carbocycles. The summed E-state index contributed by atoms with van der Waals surface area (Å²) in [5.41, 5.74) is 1.55. The van der Waals surface area contributed by atoms with Gasteiger partial charge in [-0.05, 0) is 84.7 Å². The van der Waals surface area contributed by atoms with Crippen LogP contribution >= 0.6 is 0 Å². The molecule has 8 heteroatoms. The first-order chi connectivity index (χ1) is 16.7. The van der Waals surface area contributed by atoms with Crippen LogP contribution in [-0.4, -0.2) is 24.9 Å². The van der Waals surface area contributed by atoms with Crippen molar-refractivity contribution in [2.24, 2.45) is 5.92 Å². The molecular weight excluding hydrogens is 455 g/mol. The molecule has 0 unspecified atom stereocenters. The monoisotopic (exact) mass is 485 g/mol. The standard InChI is InChI=1S/C27H30F3N3O2/c1-3-25(34)32-9-5-8-31-15-18-12-22-23(24(13-18)27(28,29)30)16-33(26(22)35)21-7-4-6-19(14-21)20-10-17(2)11-20/h3-4,6-7,12-14,17,20,31H,1,5,8-11,15-16H2,2H3,(H,32,34). The Morgan fingerprint density at radius 1 is 1.20 bits per heavy atom. The normalized spacial score (nSPS) is 19.3. The molecule has 0 bridgehead atoms. The van der Waals surface area contributed by atoms with Gasteiger partial charge in [-0.25, -0.2) is 0 Å². The fourth-order valence-corrected chi connectivity index (χ4v) is 4.88. The minimum atomic E-state index is -4.56. The quantitative estimate of drug-likeness (QED) is 0.381. The highest BCUT2D eigenvalue weighted by atomic mass is 19.4. The van der Waals surface area contributed by atoms with E-state index in [4.69, 9.17) is 0 Å². The van der Waals surface area contributed by atoms with Crippen LogP contribution in [0.25, 0.3) is 0 Å².